The van der Waals surface area contributed by atoms with Crippen molar-refractivity contribution in [3.63, 3.8) is 0 Å². The molecule has 7 heteroatoms. The molecule has 1 rings (SSSR count). The van der Waals surface area contributed by atoms with Crippen LogP contribution in [0.1, 0.15) is 24.0 Å². The number of hydrogen-bond acceptors (Lipinski definition) is 3. The van der Waals surface area contributed by atoms with E-state index in [4.69, 9.17) is 10.5 Å². The molecule has 1 aromatic rings. The first-order valence-electron chi connectivity index (χ1n) is 5.75. The summed E-state index contributed by atoms with van der Waals surface area (Å²) in [5, 5.41) is 0. The average Bonchev–Trinajstić information content (AvgIpc) is 2.36. The van der Waals surface area contributed by atoms with E-state index >= 15 is 0 Å². The molecule has 0 amide bonds. The molecule has 0 aliphatic carbocycles. The zero-order valence-electron chi connectivity index (χ0n) is 10.5. The average molecular weight is 280 g/mol. The summed E-state index contributed by atoms with van der Waals surface area (Å²) in [6.07, 6.45) is -2.63. The van der Waals surface area contributed by atoms with Gasteiger partial charge in [0.15, 0.2) is 5.67 Å². The Balaban J connectivity index is 3.22. The Kier molecular flexibility index (Phi) is 5.25. The molecule has 0 spiro atoms. The number of nitrogens with zero attached hydrogens (tertiary/aromatic N) is 1. The molecule has 1 aromatic heterocycles. The van der Waals surface area contributed by atoms with E-state index in [1.165, 1.54) is 7.11 Å². The van der Waals surface area contributed by atoms with E-state index in [1.807, 2.05) is 0 Å². The lowest BCUT2D eigenvalue weighted by Crippen LogP contribution is -2.30. The van der Waals surface area contributed by atoms with Crippen molar-refractivity contribution in [1.29, 1.82) is 0 Å². The highest BCUT2D eigenvalue weighted by Crippen LogP contribution is 2.40. The monoisotopic (exact) mass is 280 g/mol. The second-order valence-corrected chi connectivity index (χ2v) is 4.21. The Morgan fingerprint density at radius 2 is 1.95 bits per heavy atom. The third kappa shape index (κ3) is 3.87. The van der Waals surface area contributed by atoms with E-state index in [0.717, 1.165) is 18.5 Å². The molecule has 1 heterocycles. The third-order valence-corrected chi connectivity index (χ3v) is 2.76. The lowest BCUT2D eigenvalue weighted by molar-refractivity contribution is -0.140. The molecular formula is C12H16F4N2O. The molecular weight excluding hydrogens is 264 g/mol. The fraction of sp³-hybridized carbons (Fsp3) is 0.583. The molecule has 1 atom stereocenters. The summed E-state index contributed by atoms with van der Waals surface area (Å²) in [5.41, 5.74) is 1.51. The zero-order valence-corrected chi connectivity index (χ0v) is 10.5. The lowest BCUT2D eigenvalue weighted by Gasteiger charge is -2.27. The summed E-state index contributed by atoms with van der Waals surface area (Å²) in [4.78, 5) is 3.59. The number of nitrogens with two attached hydrogens (primary N) is 1. The zero-order chi connectivity index (χ0) is 14.5. The molecule has 19 heavy (non-hydrogen) atoms. The Labute approximate surface area is 108 Å². The molecule has 0 bridgehead atoms. The van der Waals surface area contributed by atoms with Gasteiger partial charge >= 0.3 is 6.18 Å². The highest BCUT2D eigenvalue weighted by Gasteiger charge is 2.42. The largest absolute Gasteiger partial charge is 0.416 e. The standard InChI is InChI=1S/C12H16F4N2O/c1-19-8-11(13,4-2-5-17)10-7-18-6-3-9(10)12(14,15)16/h3,6-7H,2,4-5,8,17H2,1H3. The van der Waals surface area contributed by atoms with Gasteiger partial charge in [-0.05, 0) is 25.5 Å². The smallest absolute Gasteiger partial charge is 0.381 e. The summed E-state index contributed by atoms with van der Waals surface area (Å²) in [5.74, 6) is 0. The van der Waals surface area contributed by atoms with Crippen LogP contribution in [0.5, 0.6) is 0 Å². The van der Waals surface area contributed by atoms with Crippen LogP contribution in [-0.4, -0.2) is 25.2 Å². The van der Waals surface area contributed by atoms with Gasteiger partial charge in [0.2, 0.25) is 0 Å². The van der Waals surface area contributed by atoms with Crippen molar-refractivity contribution in [1.82, 2.24) is 4.98 Å². The number of alkyl halides is 4. The van der Waals surface area contributed by atoms with E-state index in [0.29, 0.717) is 0 Å². The van der Waals surface area contributed by atoms with E-state index in [1.54, 1.807) is 0 Å². The minimum atomic E-state index is -4.63. The first kappa shape index (κ1) is 15.8. The van der Waals surface area contributed by atoms with Crippen LogP contribution in [0.25, 0.3) is 0 Å². The number of pyridine rings is 1. The van der Waals surface area contributed by atoms with Crippen molar-refractivity contribution in [2.75, 3.05) is 20.3 Å². The van der Waals surface area contributed by atoms with E-state index in [2.05, 4.69) is 4.98 Å². The van der Waals surface area contributed by atoms with Gasteiger partial charge < -0.3 is 10.5 Å². The second-order valence-electron chi connectivity index (χ2n) is 4.21. The van der Waals surface area contributed by atoms with Crippen molar-refractivity contribution >= 4 is 0 Å². The summed E-state index contributed by atoms with van der Waals surface area (Å²) in [6.45, 7) is -0.279. The molecule has 0 aliphatic rings. The molecule has 0 aromatic carbocycles. The van der Waals surface area contributed by atoms with Gasteiger partial charge in [-0.2, -0.15) is 13.2 Å². The van der Waals surface area contributed by atoms with Gasteiger partial charge in [-0.3, -0.25) is 4.98 Å². The van der Waals surface area contributed by atoms with E-state index in [-0.39, 0.29) is 19.4 Å². The van der Waals surface area contributed by atoms with Gasteiger partial charge in [-0.25, -0.2) is 4.39 Å². The summed E-state index contributed by atoms with van der Waals surface area (Å²) >= 11 is 0. The maximum atomic E-state index is 14.8. The van der Waals surface area contributed by atoms with Crippen molar-refractivity contribution in [3.05, 3.63) is 29.6 Å². The van der Waals surface area contributed by atoms with Crippen LogP contribution in [0.4, 0.5) is 17.6 Å². The third-order valence-electron chi connectivity index (χ3n) is 2.76. The molecule has 0 saturated carbocycles. The van der Waals surface area contributed by atoms with Gasteiger partial charge in [0.1, 0.15) is 0 Å². The van der Waals surface area contributed by atoms with Crippen LogP contribution in [0.15, 0.2) is 18.5 Å². The van der Waals surface area contributed by atoms with Crippen LogP contribution in [-0.2, 0) is 16.6 Å². The second kappa shape index (κ2) is 6.29. The molecule has 0 fully saturated rings. The molecule has 0 saturated heterocycles. The summed E-state index contributed by atoms with van der Waals surface area (Å²) in [6, 6.07) is 0.766. The summed E-state index contributed by atoms with van der Waals surface area (Å²) in [7, 11) is 1.24. The SMILES string of the molecule is COCC(F)(CCCN)c1cnccc1C(F)(F)F. The van der Waals surface area contributed by atoms with Crippen LogP contribution < -0.4 is 5.73 Å². The predicted molar refractivity (Wildman–Crippen MR) is 62.2 cm³/mol. The fourth-order valence-corrected chi connectivity index (χ4v) is 1.89. The predicted octanol–water partition coefficient (Wildman–Crippen LogP) is 2.65. The molecule has 0 radical (unpaired) electrons. The van der Waals surface area contributed by atoms with Crippen LogP contribution in [0, 0.1) is 0 Å². The van der Waals surface area contributed by atoms with Gasteiger partial charge in [-0.15, -0.1) is 0 Å². The first-order valence-corrected chi connectivity index (χ1v) is 5.75. The van der Waals surface area contributed by atoms with Crippen molar-refractivity contribution < 1.29 is 22.3 Å². The summed E-state index contributed by atoms with van der Waals surface area (Å²) < 4.78 is 58.1. The van der Waals surface area contributed by atoms with E-state index < -0.39 is 29.6 Å². The quantitative estimate of drug-likeness (QED) is 0.815. The van der Waals surface area contributed by atoms with Crippen LogP contribution >= 0.6 is 0 Å². The minimum absolute atomic E-state index is 0.147. The Bertz CT molecular complexity index is 411. The number of rotatable bonds is 6. The van der Waals surface area contributed by atoms with Crippen molar-refractivity contribution in [3.8, 4) is 0 Å². The Hall–Kier alpha value is -1.21. The molecule has 1 unspecified atom stereocenters. The van der Waals surface area contributed by atoms with Crippen LogP contribution in [0.3, 0.4) is 0 Å². The topological polar surface area (TPSA) is 48.1 Å². The Morgan fingerprint density at radius 1 is 1.26 bits per heavy atom. The molecule has 108 valence electrons. The van der Waals surface area contributed by atoms with Gasteiger partial charge in [0.25, 0.3) is 0 Å². The number of hydrogen-bond donors (Lipinski definition) is 1. The number of halogens is 4. The molecule has 2 N–H and O–H groups in total. The fourth-order valence-electron chi connectivity index (χ4n) is 1.89. The number of aromatic nitrogens is 1. The molecule has 3 nitrogen and oxygen atoms in total. The number of ether oxygens (including phenoxy) is 1. The molecule has 0 aliphatic heterocycles. The highest BCUT2D eigenvalue weighted by molar-refractivity contribution is 5.32. The normalized spacial score (nSPS) is 15.3. The highest BCUT2D eigenvalue weighted by atomic mass is 19.4. The van der Waals surface area contributed by atoms with Gasteiger partial charge in [0, 0.05) is 25.1 Å². The first-order chi connectivity index (χ1) is 8.85. The van der Waals surface area contributed by atoms with Gasteiger partial charge in [0.05, 0.1) is 12.2 Å². The van der Waals surface area contributed by atoms with E-state index in [9.17, 15) is 17.6 Å². The lowest BCUT2D eigenvalue weighted by atomic mass is 9.89. The maximum absolute atomic E-state index is 14.8. The maximum Gasteiger partial charge on any atom is 0.416 e. The van der Waals surface area contributed by atoms with Crippen LogP contribution in [0.2, 0.25) is 0 Å². The Morgan fingerprint density at radius 3 is 2.47 bits per heavy atom. The van der Waals surface area contributed by atoms with Crippen molar-refractivity contribution in [2.45, 2.75) is 24.7 Å². The minimum Gasteiger partial charge on any atom is -0.381 e. The van der Waals surface area contributed by atoms with Gasteiger partial charge in [-0.1, -0.05) is 0 Å². The number of methoxy groups -OCH3 is 1. The van der Waals surface area contributed by atoms with Crippen molar-refractivity contribution in [2.24, 2.45) is 5.73 Å².